The number of benzene rings is 8. The van der Waals surface area contributed by atoms with Gasteiger partial charge in [0.15, 0.2) is 0 Å². The Kier molecular flexibility index (Phi) is 7.96. The van der Waals surface area contributed by atoms with Gasteiger partial charge < -0.3 is 13.7 Å². The summed E-state index contributed by atoms with van der Waals surface area (Å²) in [5.41, 5.74) is 16.8. The van der Waals surface area contributed by atoms with E-state index < -0.39 is 0 Å². The Morgan fingerprint density at radius 3 is 1.35 bits per heavy atom. The van der Waals surface area contributed by atoms with Crippen LogP contribution in [-0.4, -0.2) is 0 Å². The molecule has 270 valence electrons. The normalized spacial score (nSPS) is 13.0. The molecule has 1 aliphatic rings. The molecule has 0 aliphatic heterocycles. The van der Waals surface area contributed by atoms with Crippen molar-refractivity contribution in [2.45, 2.75) is 12.8 Å². The van der Waals surface area contributed by atoms with Crippen molar-refractivity contribution < 1.29 is 8.83 Å². The monoisotopic (exact) mass is 731 g/mol. The lowest BCUT2D eigenvalue weighted by molar-refractivity contribution is 0.667. The number of nitrogens with zero attached hydrogens (tertiary/aromatic N) is 1. The molecular formula is C54H37NO2. The molecule has 0 saturated carbocycles. The zero-order chi connectivity index (χ0) is 37.7. The second kappa shape index (κ2) is 13.7. The van der Waals surface area contributed by atoms with E-state index in [-0.39, 0.29) is 0 Å². The number of rotatable bonds is 7. The predicted octanol–water partition coefficient (Wildman–Crippen LogP) is 15.5. The minimum absolute atomic E-state index is 0.916. The molecule has 3 heteroatoms. The number of hydrogen-bond acceptors (Lipinski definition) is 3. The lowest BCUT2D eigenvalue weighted by Gasteiger charge is -2.26. The highest BCUT2D eigenvalue weighted by atomic mass is 16.3. The first-order valence-electron chi connectivity index (χ1n) is 19.6. The molecule has 0 unspecified atom stereocenters. The van der Waals surface area contributed by atoms with Crippen molar-refractivity contribution in [3.05, 3.63) is 211 Å². The molecule has 2 aromatic heterocycles. The van der Waals surface area contributed by atoms with Gasteiger partial charge in [-0.05, 0) is 94.8 Å². The zero-order valence-electron chi connectivity index (χ0n) is 31.2. The average molecular weight is 732 g/mol. The fourth-order valence-electron chi connectivity index (χ4n) is 8.57. The van der Waals surface area contributed by atoms with Gasteiger partial charge in [0.2, 0.25) is 0 Å². The molecule has 0 saturated heterocycles. The topological polar surface area (TPSA) is 29.5 Å². The molecule has 0 radical (unpaired) electrons. The van der Waals surface area contributed by atoms with Crippen molar-refractivity contribution in [3.63, 3.8) is 0 Å². The summed E-state index contributed by atoms with van der Waals surface area (Å²) < 4.78 is 12.7. The molecule has 57 heavy (non-hydrogen) atoms. The molecule has 0 amide bonds. The van der Waals surface area contributed by atoms with Crippen LogP contribution >= 0.6 is 0 Å². The maximum absolute atomic E-state index is 6.36. The second-order valence-corrected chi connectivity index (χ2v) is 14.8. The van der Waals surface area contributed by atoms with E-state index in [9.17, 15) is 0 Å². The highest BCUT2D eigenvalue weighted by molar-refractivity contribution is 6.10. The van der Waals surface area contributed by atoms with Crippen LogP contribution in [0.1, 0.15) is 24.0 Å². The molecule has 10 aromatic rings. The first-order chi connectivity index (χ1) is 28.2. The van der Waals surface area contributed by atoms with Crippen molar-refractivity contribution >= 4 is 72.1 Å². The van der Waals surface area contributed by atoms with E-state index in [0.29, 0.717) is 0 Å². The number of furan rings is 2. The minimum Gasteiger partial charge on any atom is -0.455 e. The standard InChI is InChI=1S/C54H37NO2/c1-2-10-42(11-3-1)55(43-32-28-38(29-33-43)36-20-24-40(25-21-36)45-14-8-16-49-47-12-4-6-18-51(47)56-53(45)49)44-34-30-39(31-35-44)37-22-26-41(27-23-37)46-15-9-17-50-48-13-5-7-19-52(48)57-54(46)50/h1-22,24-26,28-35H,23,27H2. The summed E-state index contributed by atoms with van der Waals surface area (Å²) in [6, 6.07) is 66.7. The number of hydrogen-bond donors (Lipinski definition) is 0. The third-order valence-corrected chi connectivity index (χ3v) is 11.5. The van der Waals surface area contributed by atoms with E-state index in [1.54, 1.807) is 0 Å². The SMILES string of the molecule is C1=C(c2ccc(N(c3ccccc3)c3ccc(-c4ccc(-c5cccc6c5oc5ccccc56)cc4)cc3)cc2)CCC(c2cccc3c2oc2ccccc23)=C1. The largest absolute Gasteiger partial charge is 0.455 e. The lowest BCUT2D eigenvalue weighted by atomic mass is 9.89. The fourth-order valence-corrected chi connectivity index (χ4v) is 8.57. The molecule has 11 rings (SSSR count). The average Bonchev–Trinajstić information content (AvgIpc) is 3.87. The van der Waals surface area contributed by atoms with Crippen molar-refractivity contribution in [3.8, 4) is 22.3 Å². The van der Waals surface area contributed by atoms with Gasteiger partial charge in [0.05, 0.1) is 0 Å². The molecule has 8 aromatic carbocycles. The maximum atomic E-state index is 6.36. The van der Waals surface area contributed by atoms with Gasteiger partial charge in [0, 0.05) is 49.7 Å². The third kappa shape index (κ3) is 5.84. The Morgan fingerprint density at radius 2 is 0.754 bits per heavy atom. The first kappa shape index (κ1) is 33.0. The third-order valence-electron chi connectivity index (χ3n) is 11.5. The maximum Gasteiger partial charge on any atom is 0.143 e. The van der Waals surface area contributed by atoms with Crippen LogP contribution in [0.2, 0.25) is 0 Å². The fraction of sp³-hybridized carbons (Fsp3) is 0.0370. The molecule has 0 fully saturated rings. The van der Waals surface area contributed by atoms with Gasteiger partial charge >= 0.3 is 0 Å². The lowest BCUT2D eigenvalue weighted by Crippen LogP contribution is -2.09. The highest BCUT2D eigenvalue weighted by Crippen LogP contribution is 2.41. The van der Waals surface area contributed by atoms with Gasteiger partial charge in [-0.1, -0.05) is 152 Å². The summed E-state index contributed by atoms with van der Waals surface area (Å²) in [5.74, 6) is 0. The number of anilines is 3. The van der Waals surface area contributed by atoms with Crippen LogP contribution in [0, 0.1) is 0 Å². The van der Waals surface area contributed by atoms with Crippen LogP contribution in [0.5, 0.6) is 0 Å². The van der Waals surface area contributed by atoms with Gasteiger partial charge in [0.25, 0.3) is 0 Å². The summed E-state index contributed by atoms with van der Waals surface area (Å²) in [6.07, 6.45) is 6.50. The van der Waals surface area contributed by atoms with Crippen molar-refractivity contribution in [1.29, 1.82) is 0 Å². The number of para-hydroxylation sites is 5. The van der Waals surface area contributed by atoms with Gasteiger partial charge in [-0.25, -0.2) is 0 Å². The van der Waals surface area contributed by atoms with E-state index in [2.05, 4.69) is 187 Å². The first-order valence-corrected chi connectivity index (χ1v) is 19.6. The Bertz CT molecular complexity index is 3140. The van der Waals surface area contributed by atoms with Gasteiger partial charge in [-0.2, -0.15) is 0 Å². The van der Waals surface area contributed by atoms with Crippen LogP contribution in [-0.2, 0) is 0 Å². The van der Waals surface area contributed by atoms with E-state index >= 15 is 0 Å². The smallest absolute Gasteiger partial charge is 0.143 e. The van der Waals surface area contributed by atoms with Gasteiger partial charge in [-0.15, -0.1) is 0 Å². The molecule has 1 aliphatic carbocycles. The van der Waals surface area contributed by atoms with Crippen LogP contribution in [0.15, 0.2) is 209 Å². The summed E-state index contributed by atoms with van der Waals surface area (Å²) in [6.45, 7) is 0. The number of allylic oxidation sites excluding steroid dienone is 4. The van der Waals surface area contributed by atoms with E-state index in [1.165, 1.54) is 44.2 Å². The minimum atomic E-state index is 0.916. The van der Waals surface area contributed by atoms with E-state index in [0.717, 1.165) is 74.1 Å². The Balaban J connectivity index is 0.860. The van der Waals surface area contributed by atoms with Gasteiger partial charge in [0.1, 0.15) is 22.3 Å². The quantitative estimate of drug-likeness (QED) is 0.163. The van der Waals surface area contributed by atoms with E-state index in [1.807, 2.05) is 18.2 Å². The van der Waals surface area contributed by atoms with Crippen LogP contribution in [0.25, 0.3) is 77.3 Å². The van der Waals surface area contributed by atoms with Crippen molar-refractivity contribution in [1.82, 2.24) is 0 Å². The molecule has 2 heterocycles. The summed E-state index contributed by atoms with van der Waals surface area (Å²) >= 11 is 0. The molecule has 0 spiro atoms. The van der Waals surface area contributed by atoms with E-state index in [4.69, 9.17) is 8.83 Å². The Hall–Kier alpha value is -7.36. The van der Waals surface area contributed by atoms with Crippen LogP contribution < -0.4 is 4.90 Å². The highest BCUT2D eigenvalue weighted by Gasteiger charge is 2.18. The Labute approximate surface area is 331 Å². The van der Waals surface area contributed by atoms with Crippen molar-refractivity contribution in [2.24, 2.45) is 0 Å². The summed E-state index contributed by atoms with van der Waals surface area (Å²) in [5, 5.41) is 4.64. The molecule has 0 bridgehead atoms. The zero-order valence-corrected chi connectivity index (χ0v) is 31.2. The molecule has 0 N–H and O–H groups in total. The predicted molar refractivity (Wildman–Crippen MR) is 238 cm³/mol. The van der Waals surface area contributed by atoms with Crippen LogP contribution in [0.4, 0.5) is 17.1 Å². The summed E-state index contributed by atoms with van der Waals surface area (Å²) in [7, 11) is 0. The van der Waals surface area contributed by atoms with Crippen LogP contribution in [0.3, 0.4) is 0 Å². The molecule has 0 atom stereocenters. The van der Waals surface area contributed by atoms with Crippen molar-refractivity contribution in [2.75, 3.05) is 4.90 Å². The van der Waals surface area contributed by atoms with Gasteiger partial charge in [-0.3, -0.25) is 0 Å². The summed E-state index contributed by atoms with van der Waals surface area (Å²) in [4.78, 5) is 2.33. The number of fused-ring (bicyclic) bond motifs is 6. The Morgan fingerprint density at radius 1 is 0.316 bits per heavy atom. The molecule has 3 nitrogen and oxygen atoms in total. The second-order valence-electron chi connectivity index (χ2n) is 14.8. The molecular weight excluding hydrogens is 695 g/mol.